The Bertz CT molecular complexity index is 1060. The number of para-hydroxylation sites is 1. The number of ketones is 1. The molecule has 0 saturated carbocycles. The first-order chi connectivity index (χ1) is 14.0. The van der Waals surface area contributed by atoms with Gasteiger partial charge in [-0.15, -0.1) is 0 Å². The second kappa shape index (κ2) is 9.30. The van der Waals surface area contributed by atoms with Crippen LogP contribution in [0.25, 0.3) is 6.08 Å². The number of rotatable bonds is 7. The van der Waals surface area contributed by atoms with E-state index in [1.807, 2.05) is 36.4 Å². The third kappa shape index (κ3) is 5.18. The van der Waals surface area contributed by atoms with Gasteiger partial charge in [0.15, 0.2) is 5.78 Å². The number of halogens is 1. The van der Waals surface area contributed by atoms with E-state index in [-0.39, 0.29) is 22.8 Å². The van der Waals surface area contributed by atoms with Crippen molar-refractivity contribution in [3.8, 4) is 23.0 Å². The molecule has 0 aliphatic carbocycles. The Morgan fingerprint density at radius 3 is 2.55 bits per heavy atom. The van der Waals surface area contributed by atoms with Gasteiger partial charge in [0.25, 0.3) is 0 Å². The topological polar surface area (TPSA) is 76.0 Å². The molecular weight excluding hydrogens is 436 g/mol. The van der Waals surface area contributed by atoms with E-state index in [1.54, 1.807) is 19.3 Å². The largest absolute Gasteiger partial charge is 0.508 e. The molecule has 148 valence electrons. The molecule has 0 amide bonds. The maximum Gasteiger partial charge on any atom is 0.189 e. The van der Waals surface area contributed by atoms with Gasteiger partial charge < -0.3 is 19.7 Å². The molecule has 6 heteroatoms. The van der Waals surface area contributed by atoms with Crippen LogP contribution in [0.3, 0.4) is 0 Å². The predicted octanol–water partition coefficient (Wildman–Crippen LogP) is 5.34. The Labute approximate surface area is 177 Å². The van der Waals surface area contributed by atoms with Crippen LogP contribution in [0.5, 0.6) is 23.0 Å². The number of phenols is 2. The highest BCUT2D eigenvalue weighted by molar-refractivity contribution is 9.10. The van der Waals surface area contributed by atoms with Crippen LogP contribution in [0, 0.1) is 0 Å². The van der Waals surface area contributed by atoms with Gasteiger partial charge >= 0.3 is 0 Å². The molecule has 0 aliphatic heterocycles. The van der Waals surface area contributed by atoms with Crippen molar-refractivity contribution in [2.75, 3.05) is 7.11 Å². The zero-order chi connectivity index (χ0) is 20.8. The summed E-state index contributed by atoms with van der Waals surface area (Å²) < 4.78 is 12.1. The van der Waals surface area contributed by atoms with Crippen LogP contribution in [0.4, 0.5) is 0 Å². The number of aromatic hydroxyl groups is 2. The van der Waals surface area contributed by atoms with E-state index < -0.39 is 0 Å². The molecule has 2 N–H and O–H groups in total. The normalized spacial score (nSPS) is 10.8. The average Bonchev–Trinajstić information content (AvgIpc) is 2.71. The minimum atomic E-state index is -0.371. The summed E-state index contributed by atoms with van der Waals surface area (Å²) in [5.41, 5.74) is 1.72. The Morgan fingerprint density at radius 1 is 1.03 bits per heavy atom. The van der Waals surface area contributed by atoms with E-state index in [2.05, 4.69) is 15.9 Å². The summed E-state index contributed by atoms with van der Waals surface area (Å²) in [4.78, 5) is 12.3. The lowest BCUT2D eigenvalue weighted by atomic mass is 10.1. The molecule has 0 saturated heterocycles. The van der Waals surface area contributed by atoms with E-state index in [9.17, 15) is 15.0 Å². The molecule has 0 atom stereocenters. The van der Waals surface area contributed by atoms with Crippen LogP contribution in [-0.4, -0.2) is 23.1 Å². The van der Waals surface area contributed by atoms with E-state index in [0.717, 1.165) is 21.7 Å². The van der Waals surface area contributed by atoms with Gasteiger partial charge in [0.1, 0.15) is 29.6 Å². The quantitative estimate of drug-likeness (QED) is 0.372. The van der Waals surface area contributed by atoms with E-state index in [1.165, 1.54) is 18.2 Å². The minimum Gasteiger partial charge on any atom is -0.508 e. The first-order valence-corrected chi connectivity index (χ1v) is 9.56. The Balaban J connectivity index is 1.78. The van der Waals surface area contributed by atoms with Crippen LogP contribution in [0.15, 0.2) is 71.2 Å². The zero-order valence-corrected chi connectivity index (χ0v) is 17.2. The number of allylic oxidation sites excluding steroid dienone is 1. The number of hydrogen-bond donors (Lipinski definition) is 2. The van der Waals surface area contributed by atoms with Crippen LogP contribution in [0.2, 0.25) is 0 Å². The number of carbonyl (C=O) groups excluding carboxylic acids is 1. The second-order valence-corrected chi connectivity index (χ2v) is 7.04. The van der Waals surface area contributed by atoms with Crippen molar-refractivity contribution >= 4 is 27.8 Å². The smallest absolute Gasteiger partial charge is 0.189 e. The van der Waals surface area contributed by atoms with Gasteiger partial charge in [-0.1, -0.05) is 24.3 Å². The van der Waals surface area contributed by atoms with E-state index in [4.69, 9.17) is 9.47 Å². The van der Waals surface area contributed by atoms with Crippen molar-refractivity contribution in [1.82, 2.24) is 0 Å². The van der Waals surface area contributed by atoms with Crippen molar-refractivity contribution in [3.63, 3.8) is 0 Å². The molecule has 0 unspecified atom stereocenters. The average molecular weight is 455 g/mol. The Morgan fingerprint density at radius 2 is 1.83 bits per heavy atom. The van der Waals surface area contributed by atoms with Gasteiger partial charge in [0.05, 0.1) is 17.1 Å². The Kier molecular flexibility index (Phi) is 6.57. The monoisotopic (exact) mass is 454 g/mol. The molecular formula is C23H19BrO5. The third-order valence-corrected chi connectivity index (χ3v) is 4.85. The molecule has 0 bridgehead atoms. The van der Waals surface area contributed by atoms with Crippen molar-refractivity contribution in [3.05, 3.63) is 87.9 Å². The number of benzene rings is 3. The van der Waals surface area contributed by atoms with Gasteiger partial charge in [-0.2, -0.15) is 0 Å². The maximum absolute atomic E-state index is 12.3. The maximum atomic E-state index is 12.3. The lowest BCUT2D eigenvalue weighted by Gasteiger charge is -2.12. The summed E-state index contributed by atoms with van der Waals surface area (Å²) in [6.45, 7) is 0.292. The molecule has 0 aromatic heterocycles. The minimum absolute atomic E-state index is 0.104. The van der Waals surface area contributed by atoms with Crippen LogP contribution < -0.4 is 9.47 Å². The van der Waals surface area contributed by atoms with Crippen molar-refractivity contribution in [2.45, 2.75) is 6.61 Å². The lowest BCUT2D eigenvalue weighted by Crippen LogP contribution is -2.00. The molecule has 3 aromatic rings. The van der Waals surface area contributed by atoms with Crippen molar-refractivity contribution < 1.29 is 24.5 Å². The molecule has 0 radical (unpaired) electrons. The fourth-order valence-corrected chi connectivity index (χ4v) is 3.12. The van der Waals surface area contributed by atoms with Gasteiger partial charge in [-0.3, -0.25) is 4.79 Å². The van der Waals surface area contributed by atoms with E-state index in [0.29, 0.717) is 18.1 Å². The number of hydrogen-bond acceptors (Lipinski definition) is 5. The first-order valence-electron chi connectivity index (χ1n) is 8.76. The van der Waals surface area contributed by atoms with Gasteiger partial charge in [0.2, 0.25) is 0 Å². The van der Waals surface area contributed by atoms with Crippen molar-refractivity contribution in [1.29, 1.82) is 0 Å². The van der Waals surface area contributed by atoms with E-state index >= 15 is 0 Å². The summed E-state index contributed by atoms with van der Waals surface area (Å²) in [6.07, 6.45) is 3.02. The highest BCUT2D eigenvalue weighted by atomic mass is 79.9. The van der Waals surface area contributed by atoms with Gasteiger partial charge in [-0.05, 0) is 64.0 Å². The molecule has 5 nitrogen and oxygen atoms in total. The molecule has 0 fully saturated rings. The summed E-state index contributed by atoms with van der Waals surface area (Å²) in [6, 6.07) is 16.9. The van der Waals surface area contributed by atoms with Crippen molar-refractivity contribution in [2.24, 2.45) is 0 Å². The summed E-state index contributed by atoms with van der Waals surface area (Å²) in [7, 11) is 1.59. The molecule has 0 spiro atoms. The number of methoxy groups -OCH3 is 1. The number of ether oxygens (including phenoxy) is 2. The summed E-state index contributed by atoms with van der Waals surface area (Å²) in [5.74, 6) is 0.652. The Hall–Kier alpha value is -3.25. The molecule has 0 heterocycles. The highest BCUT2D eigenvalue weighted by Crippen LogP contribution is 2.28. The molecule has 0 aliphatic rings. The van der Waals surface area contributed by atoms with Crippen LogP contribution in [-0.2, 0) is 6.61 Å². The van der Waals surface area contributed by atoms with Gasteiger partial charge in [-0.25, -0.2) is 0 Å². The molecule has 29 heavy (non-hydrogen) atoms. The van der Waals surface area contributed by atoms with Crippen LogP contribution >= 0.6 is 15.9 Å². The summed E-state index contributed by atoms with van der Waals surface area (Å²) in [5, 5.41) is 19.2. The highest BCUT2D eigenvalue weighted by Gasteiger charge is 2.10. The molecule has 3 rings (SSSR count). The second-order valence-electron chi connectivity index (χ2n) is 6.19. The number of phenolic OH excluding ortho intramolecular Hbond substituents is 2. The standard InChI is InChI=1S/C23H19BrO5/c1-28-22-11-7-15(6-10-20(26)18-9-8-17(25)13-21(18)27)12-16(22)14-29-23-5-3-2-4-19(23)24/h2-13,25,27H,14H2,1H3/b10-6+. The summed E-state index contributed by atoms with van der Waals surface area (Å²) >= 11 is 3.45. The van der Waals surface area contributed by atoms with Gasteiger partial charge in [0, 0.05) is 11.6 Å². The SMILES string of the molecule is COc1ccc(/C=C/C(=O)c2ccc(O)cc2O)cc1COc1ccccc1Br. The predicted molar refractivity (Wildman–Crippen MR) is 115 cm³/mol. The molecule has 3 aromatic carbocycles. The zero-order valence-electron chi connectivity index (χ0n) is 15.6. The lowest BCUT2D eigenvalue weighted by molar-refractivity contribution is 0.104. The first kappa shape index (κ1) is 20.5. The number of carbonyl (C=O) groups is 1. The van der Waals surface area contributed by atoms with Crippen LogP contribution in [0.1, 0.15) is 21.5 Å². The third-order valence-electron chi connectivity index (χ3n) is 4.20. The fourth-order valence-electron chi connectivity index (χ4n) is 2.72. The fraction of sp³-hybridized carbons (Fsp3) is 0.0870.